The van der Waals surface area contributed by atoms with Gasteiger partial charge in [0.2, 0.25) is 0 Å². The van der Waals surface area contributed by atoms with E-state index in [9.17, 15) is 4.79 Å². The smallest absolute Gasteiger partial charge is 0.328 e. The first-order chi connectivity index (χ1) is 8.20. The fourth-order valence-corrected chi connectivity index (χ4v) is 3.10. The average Bonchev–Trinajstić information content (AvgIpc) is 3.02. The molecular weight excluding hydrogens is 302 g/mol. The van der Waals surface area contributed by atoms with Crippen molar-refractivity contribution < 1.29 is 9.53 Å². The largest absolute Gasteiger partial charge is 0.465 e. The molecule has 2 rings (SSSR count). The van der Waals surface area contributed by atoms with Gasteiger partial charge >= 0.3 is 5.97 Å². The summed E-state index contributed by atoms with van der Waals surface area (Å²) in [5.74, 6) is 0.567. The average molecular weight is 318 g/mol. The molecule has 1 unspecified atom stereocenters. The number of rotatable bonds is 6. The molecule has 3 nitrogen and oxygen atoms in total. The van der Waals surface area contributed by atoms with E-state index in [2.05, 4.69) is 21.2 Å². The Balaban J connectivity index is 2.01. The summed E-state index contributed by atoms with van der Waals surface area (Å²) in [7, 11) is 0. The van der Waals surface area contributed by atoms with Gasteiger partial charge in [0, 0.05) is 4.88 Å². The van der Waals surface area contributed by atoms with Gasteiger partial charge in [0.05, 0.1) is 10.4 Å². The highest BCUT2D eigenvalue weighted by Crippen LogP contribution is 2.31. The number of halogens is 1. The molecule has 0 saturated heterocycles. The van der Waals surface area contributed by atoms with Crippen LogP contribution in [0.5, 0.6) is 0 Å². The van der Waals surface area contributed by atoms with Crippen molar-refractivity contribution in [3.8, 4) is 0 Å². The normalized spacial score (nSPS) is 16.8. The molecule has 1 aromatic rings. The van der Waals surface area contributed by atoms with Gasteiger partial charge in [-0.25, -0.2) is 4.79 Å². The summed E-state index contributed by atoms with van der Waals surface area (Å²) in [5, 5.41) is 3.31. The van der Waals surface area contributed by atoms with Gasteiger partial charge in [-0.15, -0.1) is 11.3 Å². The first-order valence-electron chi connectivity index (χ1n) is 5.86. The summed E-state index contributed by atoms with van der Waals surface area (Å²) in [6.45, 7) is 3.16. The summed E-state index contributed by atoms with van der Waals surface area (Å²) in [6.07, 6.45) is 2.55. The van der Waals surface area contributed by atoms with E-state index in [1.807, 2.05) is 19.1 Å². The number of hydrogen-bond donors (Lipinski definition) is 1. The lowest BCUT2D eigenvalue weighted by Crippen LogP contribution is -2.31. The van der Waals surface area contributed by atoms with Crippen molar-refractivity contribution in [1.29, 1.82) is 0 Å². The molecule has 0 aliphatic heterocycles. The van der Waals surface area contributed by atoms with Crippen molar-refractivity contribution in [3.05, 3.63) is 20.8 Å². The molecule has 1 atom stereocenters. The zero-order valence-corrected chi connectivity index (χ0v) is 12.1. The number of thiophene rings is 1. The lowest BCUT2D eigenvalue weighted by atomic mass is 10.2. The molecule has 0 spiro atoms. The number of hydrogen-bond acceptors (Lipinski definition) is 4. The quantitative estimate of drug-likeness (QED) is 0.819. The second-order valence-electron chi connectivity index (χ2n) is 4.18. The van der Waals surface area contributed by atoms with Crippen LogP contribution in [-0.4, -0.2) is 19.1 Å². The van der Waals surface area contributed by atoms with Crippen molar-refractivity contribution in [2.45, 2.75) is 25.8 Å². The Hall–Kier alpha value is -0.390. The third-order valence-corrected chi connectivity index (χ3v) is 4.40. The Morgan fingerprint density at radius 2 is 2.41 bits per heavy atom. The molecule has 94 valence electrons. The molecule has 1 fully saturated rings. The van der Waals surface area contributed by atoms with E-state index in [0.717, 1.165) is 21.1 Å². The van der Waals surface area contributed by atoms with Crippen LogP contribution in [0.25, 0.3) is 0 Å². The minimum atomic E-state index is -0.313. The van der Waals surface area contributed by atoms with E-state index >= 15 is 0 Å². The van der Waals surface area contributed by atoms with E-state index in [1.165, 1.54) is 12.8 Å². The fourth-order valence-electron chi connectivity index (χ4n) is 1.62. The number of carbonyl (C=O) groups excluding carboxylic acids is 1. The van der Waals surface area contributed by atoms with Crippen molar-refractivity contribution in [2.75, 3.05) is 13.2 Å². The zero-order chi connectivity index (χ0) is 12.3. The van der Waals surface area contributed by atoms with Gasteiger partial charge in [-0.1, -0.05) is 0 Å². The van der Waals surface area contributed by atoms with E-state index in [0.29, 0.717) is 6.61 Å². The van der Waals surface area contributed by atoms with Gasteiger partial charge in [-0.2, -0.15) is 0 Å². The Morgan fingerprint density at radius 3 is 2.94 bits per heavy atom. The molecule has 1 aliphatic carbocycles. The molecule has 5 heteroatoms. The van der Waals surface area contributed by atoms with Crippen LogP contribution >= 0.6 is 27.3 Å². The summed E-state index contributed by atoms with van der Waals surface area (Å²) in [5.41, 5.74) is 0. The standard InChI is InChI=1S/C12H16BrNO2S/c1-2-16-12(15)11(14-7-8-3-4-8)9-5-6-10(13)17-9/h5-6,8,11,14H,2-4,7H2,1H3. The summed E-state index contributed by atoms with van der Waals surface area (Å²) >= 11 is 5.00. The zero-order valence-electron chi connectivity index (χ0n) is 9.74. The molecule has 0 radical (unpaired) electrons. The highest BCUT2D eigenvalue weighted by molar-refractivity contribution is 9.11. The van der Waals surface area contributed by atoms with Crippen LogP contribution in [0.4, 0.5) is 0 Å². The number of nitrogens with one attached hydrogen (secondary N) is 1. The molecular formula is C12H16BrNO2S. The second kappa shape index (κ2) is 5.98. The number of esters is 1. The van der Waals surface area contributed by atoms with Gasteiger partial charge in [0.15, 0.2) is 0 Å². The summed E-state index contributed by atoms with van der Waals surface area (Å²) in [6, 6.07) is 3.62. The van der Waals surface area contributed by atoms with Crippen LogP contribution in [0.15, 0.2) is 15.9 Å². The fraction of sp³-hybridized carbons (Fsp3) is 0.583. The predicted molar refractivity (Wildman–Crippen MR) is 72.1 cm³/mol. The van der Waals surface area contributed by atoms with E-state index in [4.69, 9.17) is 4.74 Å². The van der Waals surface area contributed by atoms with Crippen LogP contribution in [0.1, 0.15) is 30.7 Å². The minimum Gasteiger partial charge on any atom is -0.465 e. The number of ether oxygens (including phenoxy) is 1. The Labute approximate surface area is 114 Å². The van der Waals surface area contributed by atoms with Crippen LogP contribution in [0.2, 0.25) is 0 Å². The maximum atomic E-state index is 11.9. The molecule has 0 bridgehead atoms. The third-order valence-electron chi connectivity index (χ3n) is 2.71. The molecule has 1 aliphatic rings. The summed E-state index contributed by atoms with van der Waals surface area (Å²) in [4.78, 5) is 12.9. The van der Waals surface area contributed by atoms with Crippen LogP contribution in [0, 0.1) is 5.92 Å². The molecule has 1 heterocycles. The topological polar surface area (TPSA) is 38.3 Å². The van der Waals surface area contributed by atoms with Crippen molar-refractivity contribution >= 4 is 33.2 Å². The van der Waals surface area contributed by atoms with E-state index in [-0.39, 0.29) is 12.0 Å². The monoisotopic (exact) mass is 317 g/mol. The minimum absolute atomic E-state index is 0.178. The van der Waals surface area contributed by atoms with E-state index in [1.54, 1.807) is 11.3 Å². The Morgan fingerprint density at radius 1 is 1.65 bits per heavy atom. The third kappa shape index (κ3) is 3.79. The Bertz CT molecular complexity index is 390. The van der Waals surface area contributed by atoms with Crippen LogP contribution in [-0.2, 0) is 9.53 Å². The Kier molecular flexibility index (Phi) is 4.59. The van der Waals surface area contributed by atoms with E-state index < -0.39 is 0 Å². The predicted octanol–water partition coefficient (Wildman–Crippen LogP) is 3.11. The molecule has 0 aromatic carbocycles. The molecule has 17 heavy (non-hydrogen) atoms. The van der Waals surface area contributed by atoms with Crippen molar-refractivity contribution in [3.63, 3.8) is 0 Å². The number of carbonyl (C=O) groups is 1. The lowest BCUT2D eigenvalue weighted by molar-refractivity contribution is -0.145. The second-order valence-corrected chi connectivity index (χ2v) is 6.67. The SMILES string of the molecule is CCOC(=O)C(NCC1CC1)c1ccc(Br)s1. The first-order valence-corrected chi connectivity index (χ1v) is 7.47. The molecule has 1 saturated carbocycles. The van der Waals surface area contributed by atoms with Crippen molar-refractivity contribution in [1.82, 2.24) is 5.32 Å². The maximum absolute atomic E-state index is 11.9. The highest BCUT2D eigenvalue weighted by atomic mass is 79.9. The van der Waals surface area contributed by atoms with Gasteiger partial charge in [0.25, 0.3) is 0 Å². The van der Waals surface area contributed by atoms with Crippen LogP contribution in [0.3, 0.4) is 0 Å². The van der Waals surface area contributed by atoms with Crippen molar-refractivity contribution in [2.24, 2.45) is 5.92 Å². The molecule has 1 N–H and O–H groups in total. The van der Waals surface area contributed by atoms with Gasteiger partial charge < -0.3 is 4.74 Å². The van der Waals surface area contributed by atoms with Gasteiger partial charge in [-0.05, 0) is 60.3 Å². The first kappa shape index (κ1) is 13.1. The highest BCUT2D eigenvalue weighted by Gasteiger charge is 2.27. The maximum Gasteiger partial charge on any atom is 0.328 e. The molecule has 1 aromatic heterocycles. The van der Waals surface area contributed by atoms with Gasteiger partial charge in [0.1, 0.15) is 6.04 Å². The van der Waals surface area contributed by atoms with Gasteiger partial charge in [-0.3, -0.25) is 5.32 Å². The lowest BCUT2D eigenvalue weighted by Gasteiger charge is -2.15. The molecule has 0 amide bonds. The van der Waals surface area contributed by atoms with Crippen LogP contribution < -0.4 is 5.32 Å². The summed E-state index contributed by atoms with van der Waals surface area (Å²) < 4.78 is 6.15.